The highest BCUT2D eigenvalue weighted by atomic mass is 35.7. The lowest BCUT2D eigenvalue weighted by Gasteiger charge is -2.08. The van der Waals surface area contributed by atoms with Gasteiger partial charge in [-0.15, -0.1) is 11.3 Å². The van der Waals surface area contributed by atoms with Crippen LogP contribution >= 0.6 is 22.0 Å². The molecule has 22 heavy (non-hydrogen) atoms. The van der Waals surface area contributed by atoms with Gasteiger partial charge < -0.3 is 5.32 Å². The molecule has 7 heteroatoms. The maximum Gasteiger partial charge on any atom is 0.261 e. The molecule has 0 fully saturated rings. The Morgan fingerprint density at radius 1 is 1.18 bits per heavy atom. The number of fused-ring (bicyclic) bond motifs is 1. The second kappa shape index (κ2) is 6.02. The molecule has 1 aliphatic rings. The lowest BCUT2D eigenvalue weighted by Crippen LogP contribution is -2.11. The summed E-state index contributed by atoms with van der Waals surface area (Å²) in [6.45, 7) is 0. The number of halogens is 1. The van der Waals surface area contributed by atoms with E-state index in [4.69, 9.17) is 10.7 Å². The van der Waals surface area contributed by atoms with Crippen LogP contribution in [0.1, 0.15) is 33.6 Å². The van der Waals surface area contributed by atoms with Gasteiger partial charge in [0, 0.05) is 21.1 Å². The van der Waals surface area contributed by atoms with E-state index in [0.717, 1.165) is 17.8 Å². The van der Waals surface area contributed by atoms with Gasteiger partial charge in [-0.05, 0) is 55.5 Å². The van der Waals surface area contributed by atoms with E-state index in [0.29, 0.717) is 0 Å². The molecule has 0 saturated carbocycles. The van der Waals surface area contributed by atoms with Gasteiger partial charge in [-0.25, -0.2) is 8.42 Å². The van der Waals surface area contributed by atoms with Crippen molar-refractivity contribution in [1.82, 2.24) is 0 Å². The van der Waals surface area contributed by atoms with Crippen LogP contribution in [0.15, 0.2) is 35.2 Å². The standard InChI is InChI=1S/C15H14ClNO3S2/c16-22(19,20)12-6-3-5-11(8-12)15(18)17-14-9-10-4-1-2-7-13(10)21-14/h3,5-6,8-9H,1-2,4,7H2,(H,17,18). The highest BCUT2D eigenvalue weighted by Crippen LogP contribution is 2.33. The van der Waals surface area contributed by atoms with Gasteiger partial charge in [0.1, 0.15) is 0 Å². The fourth-order valence-electron chi connectivity index (χ4n) is 2.53. The molecule has 2 aromatic rings. The van der Waals surface area contributed by atoms with Crippen molar-refractivity contribution in [1.29, 1.82) is 0 Å². The van der Waals surface area contributed by atoms with Crippen LogP contribution in [0, 0.1) is 0 Å². The van der Waals surface area contributed by atoms with E-state index in [1.165, 1.54) is 41.5 Å². The summed E-state index contributed by atoms with van der Waals surface area (Å²) < 4.78 is 22.7. The number of hydrogen-bond acceptors (Lipinski definition) is 4. The Labute approximate surface area is 137 Å². The van der Waals surface area contributed by atoms with Crippen LogP contribution in [0.2, 0.25) is 0 Å². The fourth-order valence-corrected chi connectivity index (χ4v) is 4.47. The van der Waals surface area contributed by atoms with Crippen molar-refractivity contribution < 1.29 is 13.2 Å². The number of anilines is 1. The number of carbonyl (C=O) groups is 1. The molecule has 0 atom stereocenters. The van der Waals surface area contributed by atoms with E-state index < -0.39 is 9.05 Å². The van der Waals surface area contributed by atoms with Gasteiger partial charge in [-0.1, -0.05) is 6.07 Å². The summed E-state index contributed by atoms with van der Waals surface area (Å²) in [5, 5.41) is 3.64. The Balaban J connectivity index is 1.81. The first-order valence-electron chi connectivity index (χ1n) is 6.91. The molecule has 1 heterocycles. The molecule has 0 spiro atoms. The zero-order valence-corrected chi connectivity index (χ0v) is 14.0. The number of rotatable bonds is 3. The molecule has 0 saturated heterocycles. The Morgan fingerprint density at radius 3 is 2.68 bits per heavy atom. The minimum Gasteiger partial charge on any atom is -0.314 e. The zero-order valence-electron chi connectivity index (χ0n) is 11.6. The van der Waals surface area contributed by atoms with Gasteiger partial charge in [0.25, 0.3) is 15.0 Å². The summed E-state index contributed by atoms with van der Waals surface area (Å²) in [6.07, 6.45) is 4.50. The summed E-state index contributed by atoms with van der Waals surface area (Å²) in [7, 11) is 1.47. The first-order chi connectivity index (χ1) is 10.4. The fraction of sp³-hybridized carbons (Fsp3) is 0.267. The van der Waals surface area contributed by atoms with Crippen LogP contribution in [-0.2, 0) is 21.9 Å². The van der Waals surface area contributed by atoms with Crippen LogP contribution < -0.4 is 5.32 Å². The van der Waals surface area contributed by atoms with Crippen LogP contribution in [0.4, 0.5) is 5.00 Å². The van der Waals surface area contributed by atoms with Gasteiger partial charge in [-0.2, -0.15) is 0 Å². The Hall–Kier alpha value is -1.37. The average molecular weight is 356 g/mol. The number of amides is 1. The van der Waals surface area contributed by atoms with E-state index in [9.17, 15) is 13.2 Å². The normalized spacial score (nSPS) is 14.4. The first-order valence-corrected chi connectivity index (χ1v) is 10.0. The van der Waals surface area contributed by atoms with Gasteiger partial charge >= 0.3 is 0 Å². The topological polar surface area (TPSA) is 63.2 Å². The van der Waals surface area contributed by atoms with Gasteiger partial charge in [0.05, 0.1) is 9.90 Å². The number of thiophene rings is 1. The third kappa shape index (κ3) is 3.34. The summed E-state index contributed by atoms with van der Waals surface area (Å²) >= 11 is 1.59. The van der Waals surface area contributed by atoms with E-state index in [-0.39, 0.29) is 16.4 Å². The smallest absolute Gasteiger partial charge is 0.261 e. The van der Waals surface area contributed by atoms with Crippen molar-refractivity contribution in [2.45, 2.75) is 30.6 Å². The molecule has 0 aliphatic heterocycles. The van der Waals surface area contributed by atoms with Crippen molar-refractivity contribution in [3.63, 3.8) is 0 Å². The number of aryl methyl sites for hydroxylation is 2. The van der Waals surface area contributed by atoms with Crippen LogP contribution in [0.5, 0.6) is 0 Å². The molecule has 1 aliphatic carbocycles. The molecule has 1 N–H and O–H groups in total. The Kier molecular flexibility index (Phi) is 4.25. The predicted molar refractivity (Wildman–Crippen MR) is 88.4 cm³/mol. The van der Waals surface area contributed by atoms with Crippen molar-refractivity contribution in [3.8, 4) is 0 Å². The van der Waals surface area contributed by atoms with Crippen molar-refractivity contribution in [2.24, 2.45) is 0 Å². The molecular weight excluding hydrogens is 342 g/mol. The third-order valence-electron chi connectivity index (χ3n) is 3.61. The number of benzene rings is 1. The maximum absolute atomic E-state index is 12.3. The molecule has 0 radical (unpaired) electrons. The number of nitrogens with one attached hydrogen (secondary N) is 1. The van der Waals surface area contributed by atoms with E-state index in [2.05, 4.69) is 5.32 Å². The third-order valence-corrected chi connectivity index (χ3v) is 6.12. The second-order valence-corrected chi connectivity index (χ2v) is 8.89. The van der Waals surface area contributed by atoms with Crippen molar-refractivity contribution >= 4 is 42.0 Å². The Bertz CT molecular complexity index is 804. The zero-order chi connectivity index (χ0) is 15.7. The average Bonchev–Trinajstić information content (AvgIpc) is 2.88. The molecule has 116 valence electrons. The lowest BCUT2D eigenvalue weighted by molar-refractivity contribution is 0.102. The lowest BCUT2D eigenvalue weighted by atomic mass is 10.00. The van der Waals surface area contributed by atoms with E-state index in [1.54, 1.807) is 17.4 Å². The SMILES string of the molecule is O=C(Nc1cc2c(s1)CCCC2)c1cccc(S(=O)(=O)Cl)c1. The summed E-state index contributed by atoms with van der Waals surface area (Å²) in [5.74, 6) is -0.333. The summed E-state index contributed by atoms with van der Waals surface area (Å²) in [6, 6.07) is 7.73. The highest BCUT2D eigenvalue weighted by molar-refractivity contribution is 8.13. The first kappa shape index (κ1) is 15.5. The molecule has 1 amide bonds. The van der Waals surface area contributed by atoms with Crippen LogP contribution in [-0.4, -0.2) is 14.3 Å². The maximum atomic E-state index is 12.3. The molecule has 0 bridgehead atoms. The van der Waals surface area contributed by atoms with Gasteiger partial charge in [0.15, 0.2) is 0 Å². The monoisotopic (exact) mass is 355 g/mol. The largest absolute Gasteiger partial charge is 0.314 e. The quantitative estimate of drug-likeness (QED) is 0.851. The second-order valence-electron chi connectivity index (χ2n) is 5.19. The van der Waals surface area contributed by atoms with E-state index >= 15 is 0 Å². The van der Waals surface area contributed by atoms with Crippen LogP contribution in [0.3, 0.4) is 0 Å². The number of hydrogen-bond donors (Lipinski definition) is 1. The summed E-state index contributed by atoms with van der Waals surface area (Å²) in [4.78, 5) is 13.5. The Morgan fingerprint density at radius 2 is 1.95 bits per heavy atom. The molecule has 1 aromatic heterocycles. The predicted octanol–water partition coefficient (Wildman–Crippen LogP) is 3.81. The molecular formula is C15H14ClNO3S2. The molecule has 0 unspecified atom stereocenters. The number of carbonyl (C=O) groups excluding carboxylic acids is 1. The molecule has 1 aromatic carbocycles. The van der Waals surface area contributed by atoms with Crippen LogP contribution in [0.25, 0.3) is 0 Å². The molecule has 3 rings (SSSR count). The van der Waals surface area contributed by atoms with Crippen molar-refractivity contribution in [2.75, 3.05) is 5.32 Å². The van der Waals surface area contributed by atoms with Gasteiger partial charge in [-0.3, -0.25) is 4.79 Å². The van der Waals surface area contributed by atoms with Gasteiger partial charge in [0.2, 0.25) is 0 Å². The minimum atomic E-state index is -3.84. The minimum absolute atomic E-state index is 0.0766. The molecule has 4 nitrogen and oxygen atoms in total. The van der Waals surface area contributed by atoms with E-state index in [1.807, 2.05) is 6.07 Å². The van der Waals surface area contributed by atoms with Crippen molar-refractivity contribution in [3.05, 3.63) is 46.3 Å². The highest BCUT2D eigenvalue weighted by Gasteiger charge is 2.17. The summed E-state index contributed by atoms with van der Waals surface area (Å²) in [5.41, 5.74) is 1.58.